The van der Waals surface area contributed by atoms with Crippen LogP contribution in [0, 0.1) is 6.92 Å². The van der Waals surface area contributed by atoms with Crippen LogP contribution in [0.25, 0.3) is 0 Å². The van der Waals surface area contributed by atoms with Gasteiger partial charge < -0.3 is 15.4 Å². The maximum absolute atomic E-state index is 11.8. The molecule has 1 aromatic carbocycles. The Balaban J connectivity index is 2.41. The van der Waals surface area contributed by atoms with Crippen LogP contribution in [0.15, 0.2) is 18.2 Å². The van der Waals surface area contributed by atoms with E-state index in [2.05, 4.69) is 38.3 Å². The molecule has 22 heavy (non-hydrogen) atoms. The van der Waals surface area contributed by atoms with Crippen LogP contribution in [0.4, 0.5) is 0 Å². The van der Waals surface area contributed by atoms with E-state index >= 15 is 0 Å². The Hall–Kier alpha value is -1.62. The van der Waals surface area contributed by atoms with Crippen molar-refractivity contribution in [2.45, 2.75) is 46.5 Å². The van der Waals surface area contributed by atoms with E-state index in [0.717, 1.165) is 19.4 Å². The van der Waals surface area contributed by atoms with Crippen molar-refractivity contribution in [1.29, 1.82) is 0 Å². The number of unbranched alkanes of at least 4 members (excludes halogenated alkanes) is 1. The van der Waals surface area contributed by atoms with Crippen molar-refractivity contribution < 1.29 is 9.53 Å². The van der Waals surface area contributed by atoms with E-state index in [1.54, 1.807) is 0 Å². The summed E-state index contributed by atoms with van der Waals surface area (Å²) in [5.74, 6) is 0.922. The average molecular weight is 322 g/mol. The zero-order valence-corrected chi connectivity index (χ0v) is 14.7. The largest absolute Gasteiger partial charge is 0.484 e. The number of benzene rings is 1. The summed E-state index contributed by atoms with van der Waals surface area (Å²) in [6, 6.07) is 5.90. The Morgan fingerprint density at radius 2 is 2.09 bits per heavy atom. The highest BCUT2D eigenvalue weighted by Crippen LogP contribution is 2.23. The van der Waals surface area contributed by atoms with Gasteiger partial charge in [0.2, 0.25) is 0 Å². The maximum Gasteiger partial charge on any atom is 0.264 e. The lowest BCUT2D eigenvalue weighted by Crippen LogP contribution is -2.41. The monoisotopic (exact) mass is 322 g/mol. The van der Waals surface area contributed by atoms with Crippen LogP contribution in [0.3, 0.4) is 0 Å². The SMILES string of the molecule is CCCCNC(=S)NC(=O)COc1ccc(C(C)C)c(C)c1. The molecule has 1 aromatic rings. The van der Waals surface area contributed by atoms with Crippen LogP contribution in [-0.4, -0.2) is 24.2 Å². The fourth-order valence-corrected chi connectivity index (χ4v) is 2.34. The predicted octanol–water partition coefficient (Wildman–Crippen LogP) is 3.29. The van der Waals surface area contributed by atoms with Gasteiger partial charge in [0.15, 0.2) is 11.7 Å². The molecule has 0 aromatic heterocycles. The van der Waals surface area contributed by atoms with Crippen molar-refractivity contribution in [3.8, 4) is 5.75 Å². The van der Waals surface area contributed by atoms with E-state index in [4.69, 9.17) is 17.0 Å². The van der Waals surface area contributed by atoms with Gasteiger partial charge in [-0.15, -0.1) is 0 Å². The van der Waals surface area contributed by atoms with Gasteiger partial charge in [-0.05, 0) is 54.7 Å². The quantitative estimate of drug-likeness (QED) is 0.597. The molecule has 0 saturated carbocycles. The van der Waals surface area contributed by atoms with Crippen LogP contribution < -0.4 is 15.4 Å². The summed E-state index contributed by atoms with van der Waals surface area (Å²) >= 11 is 5.04. The molecule has 0 unspecified atom stereocenters. The van der Waals surface area contributed by atoms with Crippen LogP contribution in [-0.2, 0) is 4.79 Å². The molecule has 1 amide bonds. The van der Waals surface area contributed by atoms with Crippen LogP contribution in [0.1, 0.15) is 50.7 Å². The van der Waals surface area contributed by atoms with Crippen molar-refractivity contribution in [3.63, 3.8) is 0 Å². The number of hydrogen-bond donors (Lipinski definition) is 2. The van der Waals surface area contributed by atoms with Crippen molar-refractivity contribution in [3.05, 3.63) is 29.3 Å². The number of ether oxygens (including phenoxy) is 1. The molecule has 0 atom stereocenters. The Labute approximate surface area is 138 Å². The van der Waals surface area contributed by atoms with Gasteiger partial charge in [0.1, 0.15) is 5.75 Å². The first-order chi connectivity index (χ1) is 10.4. The molecule has 1 rings (SSSR count). The number of rotatable bonds is 7. The fourth-order valence-electron chi connectivity index (χ4n) is 2.12. The molecule has 0 aliphatic heterocycles. The van der Waals surface area contributed by atoms with Gasteiger partial charge >= 0.3 is 0 Å². The third-order valence-electron chi connectivity index (χ3n) is 3.30. The number of aryl methyl sites for hydroxylation is 1. The predicted molar refractivity (Wildman–Crippen MR) is 94.4 cm³/mol. The van der Waals surface area contributed by atoms with Crippen molar-refractivity contribution in [2.75, 3.05) is 13.2 Å². The number of carbonyl (C=O) groups excluding carboxylic acids is 1. The molecule has 2 N–H and O–H groups in total. The Morgan fingerprint density at radius 1 is 1.36 bits per heavy atom. The topological polar surface area (TPSA) is 50.4 Å². The minimum atomic E-state index is -0.250. The zero-order valence-electron chi connectivity index (χ0n) is 13.9. The maximum atomic E-state index is 11.8. The highest BCUT2D eigenvalue weighted by molar-refractivity contribution is 7.80. The second kappa shape index (κ2) is 9.41. The molecular weight excluding hydrogens is 296 g/mol. The van der Waals surface area contributed by atoms with Gasteiger partial charge in [-0.1, -0.05) is 33.3 Å². The van der Waals surface area contributed by atoms with Gasteiger partial charge in [0.25, 0.3) is 5.91 Å². The van der Waals surface area contributed by atoms with E-state index in [9.17, 15) is 4.79 Å². The van der Waals surface area contributed by atoms with Gasteiger partial charge in [0.05, 0.1) is 0 Å². The van der Waals surface area contributed by atoms with Crippen molar-refractivity contribution >= 4 is 23.2 Å². The molecule has 4 nitrogen and oxygen atoms in total. The number of carbonyl (C=O) groups is 1. The Kier molecular flexibility index (Phi) is 7.88. The third-order valence-corrected chi connectivity index (χ3v) is 3.55. The van der Waals surface area contributed by atoms with Crippen molar-refractivity contribution in [1.82, 2.24) is 10.6 Å². The molecule has 5 heteroatoms. The van der Waals surface area contributed by atoms with Crippen LogP contribution >= 0.6 is 12.2 Å². The van der Waals surface area contributed by atoms with E-state index in [1.807, 2.05) is 18.2 Å². The highest BCUT2D eigenvalue weighted by Gasteiger charge is 2.08. The summed E-state index contributed by atoms with van der Waals surface area (Å²) in [4.78, 5) is 11.8. The van der Waals surface area contributed by atoms with Gasteiger partial charge in [0, 0.05) is 6.54 Å². The molecule has 0 saturated heterocycles. The second-order valence-corrected chi connectivity index (χ2v) is 6.03. The molecular formula is C17H26N2O2S. The summed E-state index contributed by atoms with van der Waals surface area (Å²) in [6.45, 7) is 9.19. The standard InChI is InChI=1S/C17H26N2O2S/c1-5-6-9-18-17(22)19-16(20)11-21-14-7-8-15(12(2)3)13(4)10-14/h7-8,10,12H,5-6,9,11H2,1-4H3,(H2,18,19,20,22). The molecule has 0 spiro atoms. The lowest BCUT2D eigenvalue weighted by Gasteiger charge is -2.13. The van der Waals surface area contributed by atoms with Crippen molar-refractivity contribution in [2.24, 2.45) is 0 Å². The Morgan fingerprint density at radius 3 is 2.68 bits per heavy atom. The minimum absolute atomic E-state index is 0.0456. The Bertz CT molecular complexity index is 515. The summed E-state index contributed by atoms with van der Waals surface area (Å²) < 4.78 is 5.51. The zero-order chi connectivity index (χ0) is 16.5. The molecule has 122 valence electrons. The van der Waals surface area contributed by atoms with Gasteiger partial charge in [-0.25, -0.2) is 0 Å². The van der Waals surface area contributed by atoms with Crippen LogP contribution in [0.2, 0.25) is 0 Å². The molecule has 0 bridgehead atoms. The van der Waals surface area contributed by atoms with E-state index in [-0.39, 0.29) is 12.5 Å². The van der Waals surface area contributed by atoms with Crippen LogP contribution in [0.5, 0.6) is 5.75 Å². The number of nitrogens with one attached hydrogen (secondary N) is 2. The first-order valence-electron chi connectivity index (χ1n) is 7.75. The summed E-state index contributed by atoms with van der Waals surface area (Å²) in [5.41, 5.74) is 2.46. The van der Waals surface area contributed by atoms with E-state index < -0.39 is 0 Å². The smallest absolute Gasteiger partial charge is 0.264 e. The summed E-state index contributed by atoms with van der Waals surface area (Å²) in [5, 5.41) is 5.95. The molecule has 0 heterocycles. The highest BCUT2D eigenvalue weighted by atomic mass is 32.1. The number of thiocarbonyl (C=S) groups is 1. The minimum Gasteiger partial charge on any atom is -0.484 e. The summed E-state index contributed by atoms with van der Waals surface area (Å²) in [6.07, 6.45) is 2.10. The normalized spacial score (nSPS) is 10.4. The van der Waals surface area contributed by atoms with Gasteiger partial charge in [-0.3, -0.25) is 4.79 Å². The summed E-state index contributed by atoms with van der Waals surface area (Å²) in [7, 11) is 0. The number of hydrogen-bond acceptors (Lipinski definition) is 3. The van der Waals surface area contributed by atoms with E-state index in [0.29, 0.717) is 16.8 Å². The molecule has 0 aliphatic carbocycles. The first kappa shape index (κ1) is 18.4. The average Bonchev–Trinajstić information content (AvgIpc) is 2.45. The fraction of sp³-hybridized carbons (Fsp3) is 0.529. The molecule has 0 fully saturated rings. The number of amides is 1. The molecule has 0 aliphatic rings. The van der Waals surface area contributed by atoms with Gasteiger partial charge in [-0.2, -0.15) is 0 Å². The van der Waals surface area contributed by atoms with E-state index in [1.165, 1.54) is 11.1 Å². The molecule has 0 radical (unpaired) electrons. The third kappa shape index (κ3) is 6.43. The lowest BCUT2D eigenvalue weighted by atomic mass is 9.98. The first-order valence-corrected chi connectivity index (χ1v) is 8.15. The second-order valence-electron chi connectivity index (χ2n) is 5.62. The lowest BCUT2D eigenvalue weighted by molar-refractivity contribution is -0.121.